The van der Waals surface area contributed by atoms with Crippen LogP contribution >= 0.6 is 0 Å². The number of benzene rings is 1. The van der Waals surface area contributed by atoms with Crippen molar-refractivity contribution in [2.75, 3.05) is 6.67 Å². The largest absolute Gasteiger partial charge is 0.297 e. The van der Waals surface area contributed by atoms with Crippen LogP contribution in [-0.2, 0) is 10.4 Å². The third-order valence-electron chi connectivity index (χ3n) is 3.40. The Morgan fingerprint density at radius 2 is 2.25 bits per heavy atom. The Balaban J connectivity index is 2.10. The highest BCUT2D eigenvalue weighted by Gasteiger charge is 2.62. The van der Waals surface area contributed by atoms with Crippen molar-refractivity contribution in [1.82, 2.24) is 5.48 Å². The zero-order valence-corrected chi connectivity index (χ0v) is 8.34. The SMILES string of the molecule is FC[C@]1(c2cccc(F)c2F)NOC2C[C@@H]21. The van der Waals surface area contributed by atoms with E-state index in [1.165, 1.54) is 12.1 Å². The highest BCUT2D eigenvalue weighted by Crippen LogP contribution is 2.53. The number of hydrogen-bond acceptors (Lipinski definition) is 2. The van der Waals surface area contributed by atoms with Gasteiger partial charge in [-0.3, -0.25) is 4.84 Å². The minimum absolute atomic E-state index is 0.0139. The Morgan fingerprint density at radius 1 is 1.44 bits per heavy atom. The summed E-state index contributed by atoms with van der Waals surface area (Å²) < 4.78 is 39.9. The molecule has 2 nitrogen and oxygen atoms in total. The number of fused-ring (bicyclic) bond motifs is 1. The Kier molecular flexibility index (Phi) is 2.03. The Morgan fingerprint density at radius 3 is 2.81 bits per heavy atom. The topological polar surface area (TPSA) is 21.3 Å². The molecule has 0 radical (unpaired) electrons. The second-order valence-corrected chi connectivity index (χ2v) is 4.31. The molecule has 1 heterocycles. The molecule has 1 saturated carbocycles. The average molecular weight is 229 g/mol. The van der Waals surface area contributed by atoms with Crippen LogP contribution in [-0.4, -0.2) is 12.8 Å². The van der Waals surface area contributed by atoms with E-state index in [0.717, 1.165) is 6.07 Å². The summed E-state index contributed by atoms with van der Waals surface area (Å²) in [5.41, 5.74) is 1.32. The molecule has 1 aliphatic heterocycles. The molecule has 1 aromatic carbocycles. The van der Waals surface area contributed by atoms with Crippen LogP contribution in [0.25, 0.3) is 0 Å². The number of hydrogen-bond donors (Lipinski definition) is 1. The molecular weight excluding hydrogens is 219 g/mol. The third-order valence-corrected chi connectivity index (χ3v) is 3.40. The summed E-state index contributed by atoms with van der Waals surface area (Å²) in [5, 5.41) is 0. The van der Waals surface area contributed by atoms with Crippen LogP contribution in [0.3, 0.4) is 0 Å². The summed E-state index contributed by atoms with van der Waals surface area (Å²) >= 11 is 0. The van der Waals surface area contributed by atoms with Crippen molar-refractivity contribution >= 4 is 0 Å². The quantitative estimate of drug-likeness (QED) is 0.838. The number of alkyl halides is 1. The van der Waals surface area contributed by atoms with Gasteiger partial charge in [-0.1, -0.05) is 12.1 Å². The van der Waals surface area contributed by atoms with Crippen molar-refractivity contribution in [3.8, 4) is 0 Å². The number of rotatable bonds is 2. The van der Waals surface area contributed by atoms with Gasteiger partial charge in [0.2, 0.25) is 0 Å². The molecule has 2 fully saturated rings. The van der Waals surface area contributed by atoms with Gasteiger partial charge in [-0.15, -0.1) is 0 Å². The first-order valence-electron chi connectivity index (χ1n) is 5.12. The minimum Gasteiger partial charge on any atom is -0.297 e. The first-order chi connectivity index (χ1) is 7.69. The molecule has 1 N–H and O–H groups in total. The zero-order valence-electron chi connectivity index (χ0n) is 8.34. The fourth-order valence-corrected chi connectivity index (χ4v) is 2.38. The molecule has 1 saturated heterocycles. The molecule has 0 amide bonds. The Hall–Kier alpha value is -1.07. The highest BCUT2D eigenvalue weighted by molar-refractivity contribution is 5.32. The summed E-state index contributed by atoms with van der Waals surface area (Å²) in [6, 6.07) is 3.79. The highest BCUT2D eigenvalue weighted by atomic mass is 19.2. The maximum absolute atomic E-state index is 13.6. The van der Waals surface area contributed by atoms with Crippen LogP contribution < -0.4 is 5.48 Å². The molecule has 1 aliphatic carbocycles. The van der Waals surface area contributed by atoms with Gasteiger partial charge in [-0.2, -0.15) is 5.48 Å². The van der Waals surface area contributed by atoms with Crippen LogP contribution in [0.15, 0.2) is 18.2 Å². The Bertz CT molecular complexity index is 439. The fraction of sp³-hybridized carbons (Fsp3) is 0.455. The summed E-state index contributed by atoms with van der Waals surface area (Å²) in [4.78, 5) is 5.10. The number of nitrogens with one attached hydrogen (secondary N) is 1. The monoisotopic (exact) mass is 229 g/mol. The second kappa shape index (κ2) is 3.21. The summed E-state index contributed by atoms with van der Waals surface area (Å²) in [6.45, 7) is -0.811. The first kappa shape index (κ1) is 10.1. The van der Waals surface area contributed by atoms with Crippen molar-refractivity contribution in [2.45, 2.75) is 18.1 Å². The van der Waals surface area contributed by atoms with Gasteiger partial charge >= 0.3 is 0 Å². The van der Waals surface area contributed by atoms with Crippen molar-refractivity contribution in [2.24, 2.45) is 5.92 Å². The van der Waals surface area contributed by atoms with Crippen LogP contribution in [0.5, 0.6) is 0 Å². The van der Waals surface area contributed by atoms with E-state index in [9.17, 15) is 13.2 Å². The minimum atomic E-state index is -1.21. The maximum Gasteiger partial charge on any atom is 0.164 e. The second-order valence-electron chi connectivity index (χ2n) is 4.31. The molecular formula is C11H10F3NO. The molecule has 0 spiro atoms. The van der Waals surface area contributed by atoms with Gasteiger partial charge in [-0.05, 0) is 12.5 Å². The van der Waals surface area contributed by atoms with Crippen molar-refractivity contribution < 1.29 is 18.0 Å². The Labute approximate surface area is 90.4 Å². The van der Waals surface area contributed by atoms with Crippen molar-refractivity contribution in [3.05, 3.63) is 35.4 Å². The lowest BCUT2D eigenvalue weighted by Crippen LogP contribution is -2.43. The third kappa shape index (κ3) is 1.15. The summed E-state index contributed by atoms with van der Waals surface area (Å²) in [6.07, 6.45) is 0.616. The standard InChI is InChI=1S/C11H10F3NO/c12-5-11(7-4-9(7)16-15-11)6-2-1-3-8(13)10(6)14/h1-3,7,9,15H,4-5H2/t7-,9?,11+/m0/s1. The molecule has 2 aliphatic rings. The van der Waals surface area contributed by atoms with Crippen molar-refractivity contribution in [1.29, 1.82) is 0 Å². The van der Waals surface area contributed by atoms with E-state index in [1.807, 2.05) is 0 Å². The van der Waals surface area contributed by atoms with E-state index >= 15 is 0 Å². The predicted molar refractivity (Wildman–Crippen MR) is 50.1 cm³/mol. The van der Waals surface area contributed by atoms with E-state index in [4.69, 9.17) is 4.84 Å². The van der Waals surface area contributed by atoms with Gasteiger partial charge in [0, 0.05) is 11.5 Å². The van der Waals surface area contributed by atoms with Crippen LogP contribution in [0.1, 0.15) is 12.0 Å². The molecule has 1 aromatic rings. The van der Waals surface area contributed by atoms with E-state index < -0.39 is 23.8 Å². The number of hydroxylamine groups is 1. The fourth-order valence-electron chi connectivity index (χ4n) is 2.38. The molecule has 3 atom stereocenters. The molecule has 1 unspecified atom stereocenters. The summed E-state index contributed by atoms with van der Waals surface area (Å²) in [5.74, 6) is -2.06. The maximum atomic E-state index is 13.6. The number of halogens is 3. The molecule has 3 rings (SSSR count). The van der Waals surface area contributed by atoms with Crippen LogP contribution in [0.4, 0.5) is 13.2 Å². The van der Waals surface area contributed by atoms with Gasteiger partial charge in [0.25, 0.3) is 0 Å². The molecule has 16 heavy (non-hydrogen) atoms. The van der Waals surface area contributed by atoms with E-state index in [2.05, 4.69) is 5.48 Å². The molecule has 0 bridgehead atoms. The smallest absolute Gasteiger partial charge is 0.164 e. The van der Waals surface area contributed by atoms with Gasteiger partial charge < -0.3 is 0 Å². The van der Waals surface area contributed by atoms with E-state index in [0.29, 0.717) is 6.42 Å². The lowest BCUT2D eigenvalue weighted by atomic mass is 9.87. The average Bonchev–Trinajstić information content (AvgIpc) is 2.99. The zero-order chi connectivity index (χ0) is 11.3. The van der Waals surface area contributed by atoms with Crippen LogP contribution in [0.2, 0.25) is 0 Å². The van der Waals surface area contributed by atoms with E-state index in [1.54, 1.807) is 0 Å². The van der Waals surface area contributed by atoms with Gasteiger partial charge in [0.15, 0.2) is 11.6 Å². The molecule has 5 heteroatoms. The lowest BCUT2D eigenvalue weighted by molar-refractivity contribution is 0.00706. The normalized spacial score (nSPS) is 36.2. The predicted octanol–water partition coefficient (Wildman–Crippen LogP) is 2.05. The van der Waals surface area contributed by atoms with Crippen molar-refractivity contribution in [3.63, 3.8) is 0 Å². The van der Waals surface area contributed by atoms with Gasteiger partial charge in [0.05, 0.1) is 6.10 Å². The molecule has 0 aromatic heterocycles. The molecule has 86 valence electrons. The summed E-state index contributed by atoms with van der Waals surface area (Å²) in [7, 11) is 0. The lowest BCUT2D eigenvalue weighted by Gasteiger charge is -2.27. The van der Waals surface area contributed by atoms with Crippen LogP contribution in [0, 0.1) is 17.6 Å². The first-order valence-corrected chi connectivity index (χ1v) is 5.12. The van der Waals surface area contributed by atoms with Gasteiger partial charge in [0.1, 0.15) is 12.2 Å². The van der Waals surface area contributed by atoms with Gasteiger partial charge in [-0.25, -0.2) is 13.2 Å². The van der Waals surface area contributed by atoms with E-state index in [-0.39, 0.29) is 17.6 Å².